The molecule has 0 fully saturated rings. The molecule has 0 rings (SSSR count). The van der Waals surface area contributed by atoms with Crippen LogP contribution in [-0.2, 0) is 14.3 Å². The lowest BCUT2D eigenvalue weighted by molar-refractivity contribution is -0.144. The van der Waals surface area contributed by atoms with Gasteiger partial charge in [0, 0.05) is 6.42 Å². The lowest BCUT2D eigenvalue weighted by atomic mass is 9.96. The van der Waals surface area contributed by atoms with Crippen LogP contribution < -0.4 is 0 Å². The molecule has 0 aliphatic heterocycles. The van der Waals surface area contributed by atoms with Gasteiger partial charge in [-0.05, 0) is 33.1 Å². The first-order valence-corrected chi connectivity index (χ1v) is 6.23. The van der Waals surface area contributed by atoms with Crippen LogP contribution in [0.25, 0.3) is 0 Å². The molecule has 0 saturated carbocycles. The van der Waals surface area contributed by atoms with Crippen LogP contribution >= 0.6 is 0 Å². The standard InChI is InChI=1S/C14H24O3/c1-7-12(15)13(11(6)8-9(2)3)14(16)17-10(4)5/h9-10H,7-8H2,1-6H3. The van der Waals surface area contributed by atoms with Gasteiger partial charge in [-0.3, -0.25) is 4.79 Å². The number of ether oxygens (including phenoxy) is 1. The smallest absolute Gasteiger partial charge is 0.341 e. The third-order valence-electron chi connectivity index (χ3n) is 2.29. The first-order valence-electron chi connectivity index (χ1n) is 6.23. The van der Waals surface area contributed by atoms with E-state index in [0.29, 0.717) is 12.3 Å². The number of hydrogen-bond donors (Lipinski definition) is 0. The molecule has 0 heterocycles. The van der Waals surface area contributed by atoms with Gasteiger partial charge in [-0.15, -0.1) is 0 Å². The van der Waals surface area contributed by atoms with E-state index in [1.165, 1.54) is 0 Å². The van der Waals surface area contributed by atoms with Gasteiger partial charge in [0.2, 0.25) is 0 Å². The van der Waals surface area contributed by atoms with Crippen molar-refractivity contribution in [2.45, 2.75) is 60.5 Å². The van der Waals surface area contributed by atoms with Gasteiger partial charge in [0.05, 0.1) is 6.10 Å². The molecule has 0 aromatic rings. The van der Waals surface area contributed by atoms with Crippen molar-refractivity contribution >= 4 is 11.8 Å². The number of ketones is 1. The normalized spacial score (nSPS) is 12.7. The molecule has 0 amide bonds. The van der Waals surface area contributed by atoms with Crippen LogP contribution in [0.3, 0.4) is 0 Å². The quantitative estimate of drug-likeness (QED) is 0.310. The lowest BCUT2D eigenvalue weighted by Crippen LogP contribution is -2.20. The van der Waals surface area contributed by atoms with Crippen LogP contribution in [0.15, 0.2) is 11.1 Å². The van der Waals surface area contributed by atoms with Gasteiger partial charge in [-0.2, -0.15) is 0 Å². The van der Waals surface area contributed by atoms with E-state index in [0.717, 1.165) is 12.0 Å². The lowest BCUT2D eigenvalue weighted by Gasteiger charge is -2.14. The summed E-state index contributed by atoms with van der Waals surface area (Å²) in [5, 5.41) is 0. The van der Waals surface area contributed by atoms with E-state index in [1.807, 2.05) is 6.92 Å². The summed E-state index contributed by atoms with van der Waals surface area (Å²) in [4.78, 5) is 23.7. The van der Waals surface area contributed by atoms with Crippen LogP contribution in [0.4, 0.5) is 0 Å². The van der Waals surface area contributed by atoms with E-state index in [9.17, 15) is 9.59 Å². The maximum absolute atomic E-state index is 11.9. The Morgan fingerprint density at radius 3 is 2.00 bits per heavy atom. The van der Waals surface area contributed by atoms with Crippen LogP contribution in [0.1, 0.15) is 54.4 Å². The molecule has 0 spiro atoms. The van der Waals surface area contributed by atoms with Crippen molar-refractivity contribution in [3.63, 3.8) is 0 Å². The topological polar surface area (TPSA) is 43.4 Å². The van der Waals surface area contributed by atoms with Gasteiger partial charge in [0.1, 0.15) is 5.57 Å². The van der Waals surface area contributed by atoms with E-state index in [-0.39, 0.29) is 17.5 Å². The van der Waals surface area contributed by atoms with E-state index in [2.05, 4.69) is 13.8 Å². The Kier molecular flexibility index (Phi) is 6.78. The third-order valence-corrected chi connectivity index (χ3v) is 2.29. The van der Waals surface area contributed by atoms with Gasteiger partial charge in [-0.25, -0.2) is 4.79 Å². The third kappa shape index (κ3) is 5.66. The highest BCUT2D eigenvalue weighted by atomic mass is 16.5. The van der Waals surface area contributed by atoms with Crippen LogP contribution in [0.5, 0.6) is 0 Å². The Labute approximate surface area is 104 Å². The van der Waals surface area contributed by atoms with Crippen LogP contribution in [0.2, 0.25) is 0 Å². The van der Waals surface area contributed by atoms with Gasteiger partial charge in [0.25, 0.3) is 0 Å². The van der Waals surface area contributed by atoms with E-state index < -0.39 is 5.97 Å². The van der Waals surface area contributed by atoms with Crippen molar-refractivity contribution in [3.8, 4) is 0 Å². The van der Waals surface area contributed by atoms with Crippen LogP contribution in [0, 0.1) is 5.92 Å². The van der Waals surface area contributed by atoms with Crippen molar-refractivity contribution in [2.75, 3.05) is 0 Å². The Bertz CT molecular complexity index is 311. The van der Waals surface area contributed by atoms with Crippen molar-refractivity contribution in [2.24, 2.45) is 5.92 Å². The fraction of sp³-hybridized carbons (Fsp3) is 0.714. The molecule has 0 saturated heterocycles. The molecule has 3 heteroatoms. The Balaban J connectivity index is 5.12. The summed E-state index contributed by atoms with van der Waals surface area (Å²) in [6, 6.07) is 0. The molecule has 0 unspecified atom stereocenters. The number of Topliss-reactive ketones (excluding diaryl/α,β-unsaturated/α-hetero) is 1. The summed E-state index contributed by atoms with van der Waals surface area (Å²) in [6.07, 6.45) is 0.876. The first-order chi connectivity index (χ1) is 7.79. The average molecular weight is 240 g/mol. The summed E-state index contributed by atoms with van der Waals surface area (Å²) in [5.74, 6) is -0.194. The second kappa shape index (κ2) is 7.25. The predicted octanol–water partition coefficient (Wildman–Crippen LogP) is 3.28. The number of carbonyl (C=O) groups excluding carboxylic acids is 2. The Morgan fingerprint density at radius 1 is 1.12 bits per heavy atom. The number of hydrogen-bond acceptors (Lipinski definition) is 3. The number of esters is 1. The second-order valence-electron chi connectivity index (χ2n) is 4.98. The fourth-order valence-electron chi connectivity index (χ4n) is 1.69. The van der Waals surface area contributed by atoms with Crippen LogP contribution in [-0.4, -0.2) is 17.9 Å². The number of rotatable bonds is 6. The molecule has 0 aliphatic carbocycles. The summed E-state index contributed by atoms with van der Waals surface area (Å²) in [6.45, 7) is 11.3. The SMILES string of the molecule is CCC(=O)C(C(=O)OC(C)C)=C(C)CC(C)C. The van der Waals surface area contributed by atoms with Gasteiger partial charge in [-0.1, -0.05) is 26.3 Å². The molecule has 0 bridgehead atoms. The Morgan fingerprint density at radius 2 is 1.65 bits per heavy atom. The molecule has 0 aromatic heterocycles. The van der Waals surface area contributed by atoms with Crippen molar-refractivity contribution in [1.29, 1.82) is 0 Å². The van der Waals surface area contributed by atoms with E-state index in [4.69, 9.17) is 4.74 Å². The first kappa shape index (κ1) is 15.9. The molecule has 0 aromatic carbocycles. The maximum atomic E-state index is 11.9. The molecule has 0 aliphatic rings. The molecule has 0 atom stereocenters. The van der Waals surface area contributed by atoms with Gasteiger partial charge in [0.15, 0.2) is 5.78 Å². The molecule has 3 nitrogen and oxygen atoms in total. The fourth-order valence-corrected chi connectivity index (χ4v) is 1.69. The molecular weight excluding hydrogens is 216 g/mol. The van der Waals surface area contributed by atoms with Crippen molar-refractivity contribution < 1.29 is 14.3 Å². The molecule has 98 valence electrons. The average Bonchev–Trinajstić information content (AvgIpc) is 2.14. The highest BCUT2D eigenvalue weighted by molar-refractivity contribution is 6.17. The zero-order valence-corrected chi connectivity index (χ0v) is 11.8. The zero-order chi connectivity index (χ0) is 13.6. The second-order valence-corrected chi connectivity index (χ2v) is 4.98. The maximum Gasteiger partial charge on any atom is 0.341 e. The Hall–Kier alpha value is -1.12. The van der Waals surface area contributed by atoms with Crippen molar-refractivity contribution in [1.82, 2.24) is 0 Å². The molecule has 0 radical (unpaired) electrons. The van der Waals surface area contributed by atoms with E-state index >= 15 is 0 Å². The van der Waals surface area contributed by atoms with Gasteiger partial charge < -0.3 is 4.74 Å². The number of carbonyl (C=O) groups is 2. The summed E-state index contributed by atoms with van der Waals surface area (Å²) in [5.41, 5.74) is 1.08. The summed E-state index contributed by atoms with van der Waals surface area (Å²) < 4.78 is 5.12. The highest BCUT2D eigenvalue weighted by Gasteiger charge is 2.22. The predicted molar refractivity (Wildman–Crippen MR) is 68.7 cm³/mol. The molecule has 0 N–H and O–H groups in total. The van der Waals surface area contributed by atoms with Crippen molar-refractivity contribution in [3.05, 3.63) is 11.1 Å². The zero-order valence-electron chi connectivity index (χ0n) is 11.8. The summed E-state index contributed by atoms with van der Waals surface area (Å²) in [7, 11) is 0. The van der Waals surface area contributed by atoms with Gasteiger partial charge >= 0.3 is 5.97 Å². The molecule has 17 heavy (non-hydrogen) atoms. The molecular formula is C14H24O3. The highest BCUT2D eigenvalue weighted by Crippen LogP contribution is 2.18. The largest absolute Gasteiger partial charge is 0.459 e. The monoisotopic (exact) mass is 240 g/mol. The minimum absolute atomic E-state index is 0.131. The van der Waals surface area contributed by atoms with E-state index in [1.54, 1.807) is 20.8 Å². The minimum atomic E-state index is -0.481. The summed E-state index contributed by atoms with van der Waals surface area (Å²) >= 11 is 0. The number of allylic oxidation sites excluding steroid dienone is 1. The minimum Gasteiger partial charge on any atom is -0.459 e.